The molecule has 0 aliphatic carbocycles. The summed E-state index contributed by atoms with van der Waals surface area (Å²) >= 11 is 0. The van der Waals surface area contributed by atoms with Crippen molar-refractivity contribution in [1.82, 2.24) is 10.2 Å². The average Bonchev–Trinajstić information content (AvgIpc) is 2.85. The van der Waals surface area contributed by atoms with E-state index in [1.165, 1.54) is 11.3 Å². The van der Waals surface area contributed by atoms with E-state index in [4.69, 9.17) is 9.47 Å². The molecule has 0 bridgehead atoms. The first-order chi connectivity index (χ1) is 16.0. The highest BCUT2D eigenvalue weighted by Gasteiger charge is 2.26. The Balaban J connectivity index is 1.45. The smallest absolute Gasteiger partial charge is 0.313 e. The SMILES string of the molecule is COc1cccc(NC(=O)C(=O)NCC(c2ccc3c(c2)CCCN3C)N2CCOCC2)c1. The van der Waals surface area contributed by atoms with Crippen LogP contribution in [0.1, 0.15) is 23.6 Å². The van der Waals surface area contributed by atoms with Crippen molar-refractivity contribution in [3.05, 3.63) is 53.6 Å². The van der Waals surface area contributed by atoms with Crippen molar-refractivity contribution in [2.24, 2.45) is 0 Å². The zero-order chi connectivity index (χ0) is 23.2. The Morgan fingerprint density at radius 1 is 1.09 bits per heavy atom. The quantitative estimate of drug-likeness (QED) is 0.654. The molecule has 4 rings (SSSR count). The standard InChI is InChI=1S/C25H32N4O4/c1-28-10-4-5-18-15-19(8-9-22(18)28)23(29-11-13-33-14-12-29)17-26-24(30)25(31)27-20-6-3-7-21(16-20)32-2/h3,6-9,15-16,23H,4-5,10-14,17H2,1-2H3,(H,26,30)(H,27,31). The molecule has 176 valence electrons. The van der Waals surface area contributed by atoms with E-state index in [2.05, 4.69) is 45.7 Å². The monoisotopic (exact) mass is 452 g/mol. The number of aryl methyl sites for hydroxylation is 1. The zero-order valence-electron chi connectivity index (χ0n) is 19.3. The van der Waals surface area contributed by atoms with Gasteiger partial charge < -0.3 is 25.0 Å². The molecule has 2 aliphatic rings. The molecule has 2 amide bonds. The van der Waals surface area contributed by atoms with Gasteiger partial charge in [0.25, 0.3) is 0 Å². The number of nitrogens with one attached hydrogen (secondary N) is 2. The molecule has 2 heterocycles. The van der Waals surface area contributed by atoms with E-state index in [0.717, 1.165) is 38.0 Å². The first-order valence-electron chi connectivity index (χ1n) is 11.4. The maximum Gasteiger partial charge on any atom is 0.313 e. The van der Waals surface area contributed by atoms with Gasteiger partial charge >= 0.3 is 11.8 Å². The molecule has 0 saturated carbocycles. The van der Waals surface area contributed by atoms with Gasteiger partial charge in [-0.1, -0.05) is 18.2 Å². The number of rotatable bonds is 6. The lowest BCUT2D eigenvalue weighted by Gasteiger charge is -2.36. The van der Waals surface area contributed by atoms with E-state index in [-0.39, 0.29) is 6.04 Å². The number of hydrogen-bond acceptors (Lipinski definition) is 6. The van der Waals surface area contributed by atoms with Crippen LogP contribution in [0.3, 0.4) is 0 Å². The summed E-state index contributed by atoms with van der Waals surface area (Å²) in [5.74, 6) is -0.747. The molecular formula is C25H32N4O4. The van der Waals surface area contributed by atoms with E-state index in [1.54, 1.807) is 31.4 Å². The molecule has 2 aromatic rings. The molecule has 2 N–H and O–H groups in total. The van der Waals surface area contributed by atoms with Crippen molar-refractivity contribution in [3.63, 3.8) is 0 Å². The lowest BCUT2D eigenvalue weighted by Crippen LogP contribution is -2.45. The van der Waals surface area contributed by atoms with E-state index < -0.39 is 11.8 Å². The molecule has 1 unspecified atom stereocenters. The fourth-order valence-electron chi connectivity index (χ4n) is 4.52. The maximum atomic E-state index is 12.6. The van der Waals surface area contributed by atoms with Crippen LogP contribution in [0.25, 0.3) is 0 Å². The number of fused-ring (bicyclic) bond motifs is 1. The van der Waals surface area contributed by atoms with E-state index >= 15 is 0 Å². The maximum absolute atomic E-state index is 12.6. The summed E-state index contributed by atoms with van der Waals surface area (Å²) in [6, 6.07) is 13.5. The van der Waals surface area contributed by atoms with Gasteiger partial charge in [-0.05, 0) is 42.2 Å². The molecule has 0 spiro atoms. The van der Waals surface area contributed by atoms with Crippen LogP contribution in [0, 0.1) is 0 Å². The van der Waals surface area contributed by atoms with Crippen molar-refractivity contribution in [3.8, 4) is 5.75 Å². The Kier molecular flexibility index (Phi) is 7.47. The van der Waals surface area contributed by atoms with Gasteiger partial charge in [0.1, 0.15) is 5.75 Å². The second kappa shape index (κ2) is 10.7. The van der Waals surface area contributed by atoms with Gasteiger partial charge in [0.2, 0.25) is 0 Å². The van der Waals surface area contributed by atoms with Crippen LogP contribution in [-0.2, 0) is 20.7 Å². The van der Waals surface area contributed by atoms with E-state index in [0.29, 0.717) is 31.2 Å². The molecule has 2 aliphatic heterocycles. The van der Waals surface area contributed by atoms with Gasteiger partial charge in [0, 0.05) is 50.7 Å². The highest BCUT2D eigenvalue weighted by molar-refractivity contribution is 6.39. The van der Waals surface area contributed by atoms with Gasteiger partial charge in [-0.2, -0.15) is 0 Å². The Bertz CT molecular complexity index is 990. The van der Waals surface area contributed by atoms with Crippen LogP contribution >= 0.6 is 0 Å². The topological polar surface area (TPSA) is 83.1 Å². The first kappa shape index (κ1) is 23.1. The lowest BCUT2D eigenvalue weighted by molar-refractivity contribution is -0.136. The van der Waals surface area contributed by atoms with Gasteiger partial charge in [-0.25, -0.2) is 0 Å². The number of amides is 2. The molecule has 33 heavy (non-hydrogen) atoms. The summed E-state index contributed by atoms with van der Waals surface area (Å²) in [7, 11) is 3.68. The fourth-order valence-corrected chi connectivity index (χ4v) is 4.52. The summed E-state index contributed by atoms with van der Waals surface area (Å²) in [5, 5.41) is 5.48. The minimum atomic E-state index is -0.698. The number of hydrogen-bond donors (Lipinski definition) is 2. The predicted octanol–water partition coefficient (Wildman–Crippen LogP) is 2.21. The zero-order valence-corrected chi connectivity index (χ0v) is 19.3. The Labute approximate surface area is 194 Å². The molecule has 1 fully saturated rings. The van der Waals surface area contributed by atoms with Gasteiger partial charge in [0.15, 0.2) is 0 Å². The molecular weight excluding hydrogens is 420 g/mol. The summed E-state index contributed by atoms with van der Waals surface area (Å²) in [4.78, 5) is 29.7. The van der Waals surface area contributed by atoms with Crippen LogP contribution in [0.5, 0.6) is 5.75 Å². The minimum Gasteiger partial charge on any atom is -0.497 e. The third kappa shape index (κ3) is 5.64. The van der Waals surface area contributed by atoms with Crippen LogP contribution in [-0.4, -0.2) is 70.3 Å². The number of nitrogens with zero attached hydrogens (tertiary/aromatic N) is 2. The molecule has 8 nitrogen and oxygen atoms in total. The van der Waals surface area contributed by atoms with Crippen LogP contribution < -0.4 is 20.3 Å². The van der Waals surface area contributed by atoms with Crippen molar-refractivity contribution in [2.45, 2.75) is 18.9 Å². The number of morpholine rings is 1. The molecule has 8 heteroatoms. The molecule has 0 aromatic heterocycles. The Hall–Kier alpha value is -3.10. The normalized spacial score (nSPS) is 17.1. The molecule has 1 atom stereocenters. The molecule has 1 saturated heterocycles. The van der Waals surface area contributed by atoms with Crippen molar-refractivity contribution in [2.75, 3.05) is 63.8 Å². The summed E-state index contributed by atoms with van der Waals surface area (Å²) < 4.78 is 10.7. The third-order valence-corrected chi connectivity index (χ3v) is 6.32. The number of methoxy groups -OCH3 is 1. The number of benzene rings is 2. The largest absolute Gasteiger partial charge is 0.497 e. The average molecular weight is 453 g/mol. The van der Waals surface area contributed by atoms with Gasteiger partial charge in [-0.3, -0.25) is 14.5 Å². The Morgan fingerprint density at radius 3 is 2.70 bits per heavy atom. The number of anilines is 2. The summed E-state index contributed by atoms with van der Waals surface area (Å²) in [5.41, 5.74) is 4.27. The summed E-state index contributed by atoms with van der Waals surface area (Å²) in [6.45, 7) is 4.31. The van der Waals surface area contributed by atoms with Gasteiger partial charge in [0.05, 0.1) is 26.4 Å². The highest BCUT2D eigenvalue weighted by atomic mass is 16.5. The predicted molar refractivity (Wildman–Crippen MR) is 128 cm³/mol. The van der Waals surface area contributed by atoms with Crippen molar-refractivity contribution in [1.29, 1.82) is 0 Å². The van der Waals surface area contributed by atoms with Crippen LogP contribution in [0.15, 0.2) is 42.5 Å². The van der Waals surface area contributed by atoms with E-state index in [9.17, 15) is 9.59 Å². The molecule has 0 radical (unpaired) electrons. The minimum absolute atomic E-state index is 0.0278. The fraction of sp³-hybridized carbons (Fsp3) is 0.440. The third-order valence-electron chi connectivity index (χ3n) is 6.32. The lowest BCUT2D eigenvalue weighted by atomic mass is 9.95. The van der Waals surface area contributed by atoms with Gasteiger partial charge in [-0.15, -0.1) is 0 Å². The second-order valence-electron chi connectivity index (χ2n) is 8.47. The van der Waals surface area contributed by atoms with Crippen LogP contribution in [0.4, 0.5) is 11.4 Å². The second-order valence-corrected chi connectivity index (χ2v) is 8.47. The number of carbonyl (C=O) groups is 2. The van der Waals surface area contributed by atoms with Crippen LogP contribution in [0.2, 0.25) is 0 Å². The van der Waals surface area contributed by atoms with E-state index in [1.807, 2.05) is 0 Å². The number of carbonyl (C=O) groups excluding carboxylic acids is 2. The first-order valence-corrected chi connectivity index (χ1v) is 11.4. The Morgan fingerprint density at radius 2 is 1.91 bits per heavy atom. The summed E-state index contributed by atoms with van der Waals surface area (Å²) in [6.07, 6.45) is 2.19. The van der Waals surface area contributed by atoms with Crippen molar-refractivity contribution < 1.29 is 19.1 Å². The van der Waals surface area contributed by atoms with Crippen molar-refractivity contribution >= 4 is 23.2 Å². The molecule has 2 aromatic carbocycles. The number of ether oxygens (including phenoxy) is 2. The highest BCUT2D eigenvalue weighted by Crippen LogP contribution is 2.31.